The van der Waals surface area contributed by atoms with Gasteiger partial charge in [-0.25, -0.2) is 0 Å². The van der Waals surface area contributed by atoms with Gasteiger partial charge in [0.1, 0.15) is 0 Å². The maximum absolute atomic E-state index is 10.3. The second-order valence-corrected chi connectivity index (χ2v) is 5.28. The molecule has 0 bridgehead atoms. The van der Waals surface area contributed by atoms with Gasteiger partial charge >= 0.3 is 110 Å². The van der Waals surface area contributed by atoms with Crippen molar-refractivity contribution in [3.05, 3.63) is 22.3 Å². The first-order valence-corrected chi connectivity index (χ1v) is 6.32. The van der Waals surface area contributed by atoms with Gasteiger partial charge in [0.25, 0.3) is 0 Å². The summed E-state index contributed by atoms with van der Waals surface area (Å²) in [4.78, 5) is 12.0. The Labute approximate surface area is 110 Å². The van der Waals surface area contributed by atoms with E-state index in [1.165, 1.54) is 6.08 Å². The van der Waals surface area contributed by atoms with Crippen LogP contribution in [0.2, 0.25) is 0 Å². The summed E-state index contributed by atoms with van der Waals surface area (Å²) >= 11 is 2.47. The summed E-state index contributed by atoms with van der Waals surface area (Å²) < 4.78 is 1.06. The van der Waals surface area contributed by atoms with Crippen LogP contribution in [-0.2, 0) is 17.0 Å². The molecule has 0 saturated carbocycles. The van der Waals surface area contributed by atoms with Crippen LogP contribution < -0.4 is 0 Å². The van der Waals surface area contributed by atoms with Crippen molar-refractivity contribution in [1.29, 1.82) is 5.41 Å². The molecule has 0 aromatic carbocycles. The van der Waals surface area contributed by atoms with E-state index in [9.17, 15) is 10.1 Å². The Morgan fingerprint density at radius 1 is 1.59 bits per heavy atom. The molecule has 5 nitrogen and oxygen atoms in total. The zero-order valence-electron chi connectivity index (χ0n) is 10.1. The average Bonchev–Trinajstić information content (AvgIpc) is 2.74. The number of nitrogens with zero attached hydrogens (tertiary/aromatic N) is 2. The van der Waals surface area contributed by atoms with Gasteiger partial charge in [0.05, 0.1) is 0 Å². The SMILES string of the molecule is CC(C)N1CCC([C](=[V])C=CC(=N)[N+](=O)[O-])C1. The molecule has 1 fully saturated rings. The summed E-state index contributed by atoms with van der Waals surface area (Å²) in [6.45, 7) is 6.41. The van der Waals surface area contributed by atoms with E-state index < -0.39 is 10.8 Å². The standard InChI is InChI=1S/C11H17N3O2.V/c1-9(2)13-7-6-10(8-13)4-3-5-11(12)14(15)16;/h3,5,9-10,12H,6-8H2,1-2H3;. The van der Waals surface area contributed by atoms with Gasteiger partial charge in [-0.3, -0.25) is 0 Å². The Morgan fingerprint density at radius 3 is 2.71 bits per heavy atom. The van der Waals surface area contributed by atoms with Gasteiger partial charge in [0.15, 0.2) is 0 Å². The molecule has 0 amide bonds. The van der Waals surface area contributed by atoms with Gasteiger partial charge in [-0.1, -0.05) is 0 Å². The zero-order chi connectivity index (χ0) is 13.0. The first-order chi connectivity index (χ1) is 7.91. The third-order valence-corrected chi connectivity index (χ3v) is 3.78. The van der Waals surface area contributed by atoms with Crippen molar-refractivity contribution in [1.82, 2.24) is 4.90 Å². The molecule has 17 heavy (non-hydrogen) atoms. The number of rotatable bonds is 4. The number of hydrogen-bond donors (Lipinski definition) is 1. The van der Waals surface area contributed by atoms with E-state index in [1.807, 2.05) is 0 Å². The number of hydrogen-bond acceptors (Lipinski definition) is 4. The molecule has 93 valence electrons. The predicted octanol–water partition coefficient (Wildman–Crippen LogP) is 1.25. The Balaban J connectivity index is 2.50. The second-order valence-electron chi connectivity index (χ2n) is 4.47. The molecule has 1 rings (SSSR count). The van der Waals surface area contributed by atoms with Crippen LogP contribution >= 0.6 is 0 Å². The van der Waals surface area contributed by atoms with E-state index in [0.29, 0.717) is 12.0 Å². The molecule has 1 N–H and O–H groups in total. The van der Waals surface area contributed by atoms with Gasteiger partial charge in [-0.05, 0) is 0 Å². The molecule has 1 atom stereocenters. The van der Waals surface area contributed by atoms with Crippen LogP contribution in [0.15, 0.2) is 12.2 Å². The monoisotopic (exact) mass is 274 g/mol. The molecule has 1 aliphatic heterocycles. The minimum atomic E-state index is -0.689. The summed E-state index contributed by atoms with van der Waals surface area (Å²) in [6, 6.07) is 0.543. The first-order valence-electron chi connectivity index (χ1n) is 5.62. The fourth-order valence-corrected chi connectivity index (χ4v) is 2.30. The molecule has 1 saturated heterocycles. The van der Waals surface area contributed by atoms with Crippen LogP contribution in [0.3, 0.4) is 0 Å². The summed E-state index contributed by atoms with van der Waals surface area (Å²) in [5, 5.41) is 17.4. The van der Waals surface area contributed by atoms with Gasteiger partial charge in [-0.15, -0.1) is 0 Å². The van der Waals surface area contributed by atoms with E-state index in [0.717, 1.165) is 23.7 Å². The van der Waals surface area contributed by atoms with Crippen LogP contribution in [-0.4, -0.2) is 39.0 Å². The van der Waals surface area contributed by atoms with Crippen LogP contribution in [0.4, 0.5) is 0 Å². The predicted molar refractivity (Wildman–Crippen MR) is 63.7 cm³/mol. The Morgan fingerprint density at radius 2 is 2.24 bits per heavy atom. The fraction of sp³-hybridized carbons (Fsp3) is 0.636. The maximum atomic E-state index is 10.3. The van der Waals surface area contributed by atoms with Crippen LogP contribution in [0.5, 0.6) is 0 Å². The van der Waals surface area contributed by atoms with E-state index in [2.05, 4.69) is 35.7 Å². The number of nitro groups is 1. The average molecular weight is 274 g/mol. The molecule has 1 aliphatic rings. The Bertz CT molecular complexity index is 366. The second kappa shape index (κ2) is 6.24. The molecule has 1 heterocycles. The molecule has 6 heteroatoms. The van der Waals surface area contributed by atoms with E-state index in [4.69, 9.17) is 5.41 Å². The molecule has 0 aromatic rings. The fourth-order valence-electron chi connectivity index (χ4n) is 1.86. The summed E-state index contributed by atoms with van der Waals surface area (Å²) in [6.07, 6.45) is 4.02. The van der Waals surface area contributed by atoms with Crippen molar-refractivity contribution in [2.24, 2.45) is 5.92 Å². The van der Waals surface area contributed by atoms with Gasteiger partial charge in [0.2, 0.25) is 0 Å². The third-order valence-electron chi connectivity index (χ3n) is 2.98. The Hall–Kier alpha value is -0.776. The van der Waals surface area contributed by atoms with Crippen molar-refractivity contribution in [3.8, 4) is 0 Å². The minimum absolute atomic E-state index is 0.438. The van der Waals surface area contributed by atoms with Gasteiger partial charge in [0, 0.05) is 0 Å². The number of amidine groups is 1. The number of allylic oxidation sites excluding steroid dienone is 1. The molecule has 1 unspecified atom stereocenters. The zero-order valence-corrected chi connectivity index (χ0v) is 11.5. The normalized spacial score (nSPS) is 21.2. The van der Waals surface area contributed by atoms with Crippen molar-refractivity contribution in [2.75, 3.05) is 13.1 Å². The van der Waals surface area contributed by atoms with E-state index in [-0.39, 0.29) is 0 Å². The van der Waals surface area contributed by atoms with Crippen LogP contribution in [0.25, 0.3) is 0 Å². The van der Waals surface area contributed by atoms with Crippen LogP contribution in [0, 0.1) is 21.4 Å². The van der Waals surface area contributed by atoms with Crippen LogP contribution in [0.1, 0.15) is 20.3 Å². The molecular weight excluding hydrogens is 257 g/mol. The first kappa shape index (κ1) is 14.3. The summed E-state index contributed by atoms with van der Waals surface area (Å²) in [5.41, 5.74) is 0. The molecule has 0 aromatic heterocycles. The van der Waals surface area contributed by atoms with Crippen molar-refractivity contribution < 1.29 is 21.9 Å². The molecule has 0 aliphatic carbocycles. The van der Waals surface area contributed by atoms with Gasteiger partial charge < -0.3 is 0 Å². The van der Waals surface area contributed by atoms with Crippen molar-refractivity contribution in [2.45, 2.75) is 26.3 Å². The molecular formula is C11H17N3O2V. The topological polar surface area (TPSA) is 70.2 Å². The number of likely N-dealkylation sites (tertiary alicyclic amines) is 1. The Kier molecular flexibility index (Phi) is 5.24. The van der Waals surface area contributed by atoms with E-state index in [1.54, 1.807) is 6.08 Å². The van der Waals surface area contributed by atoms with Crippen molar-refractivity contribution >= 4 is 10.1 Å². The summed E-state index contributed by atoms with van der Waals surface area (Å²) in [7, 11) is 0. The number of nitrogens with one attached hydrogen (secondary N) is 1. The van der Waals surface area contributed by atoms with Crippen molar-refractivity contribution in [3.63, 3.8) is 0 Å². The third kappa shape index (κ3) is 4.18. The van der Waals surface area contributed by atoms with E-state index >= 15 is 0 Å². The molecule has 0 radical (unpaired) electrons. The molecule has 0 spiro atoms. The van der Waals surface area contributed by atoms with Gasteiger partial charge in [-0.2, -0.15) is 0 Å². The summed E-state index contributed by atoms with van der Waals surface area (Å²) in [5.74, 6) is -0.125. The quantitative estimate of drug-likeness (QED) is 0.363.